The second-order valence-electron chi connectivity index (χ2n) is 3.35. The summed E-state index contributed by atoms with van der Waals surface area (Å²) in [6, 6.07) is 1.73. The van der Waals surface area contributed by atoms with Crippen molar-refractivity contribution in [1.29, 1.82) is 0 Å². The zero-order valence-corrected chi connectivity index (χ0v) is 8.32. The van der Waals surface area contributed by atoms with Crippen LogP contribution in [0.25, 0.3) is 0 Å². The van der Waals surface area contributed by atoms with E-state index in [2.05, 4.69) is 5.10 Å². The molecule has 4 nitrogen and oxygen atoms in total. The summed E-state index contributed by atoms with van der Waals surface area (Å²) in [5.41, 5.74) is 0.748. The third-order valence-corrected chi connectivity index (χ3v) is 1.86. The van der Waals surface area contributed by atoms with Gasteiger partial charge in [0.1, 0.15) is 0 Å². The topological polar surface area (TPSA) is 38.1 Å². The maximum atomic E-state index is 11.5. The van der Waals surface area contributed by atoms with Crippen LogP contribution in [0.15, 0.2) is 17.1 Å². The van der Waals surface area contributed by atoms with Gasteiger partial charge in [-0.05, 0) is 27.1 Å². The molecule has 0 amide bonds. The van der Waals surface area contributed by atoms with E-state index < -0.39 is 0 Å². The maximum Gasteiger partial charge on any atom is 0.269 e. The lowest BCUT2D eigenvalue weighted by Gasteiger charge is -2.10. The molecule has 1 heterocycles. The monoisotopic (exact) mass is 181 g/mol. The normalized spacial score (nSPS) is 10.8. The van der Waals surface area contributed by atoms with Crippen LogP contribution in [0.1, 0.15) is 5.56 Å². The van der Waals surface area contributed by atoms with Gasteiger partial charge >= 0.3 is 0 Å². The molecule has 4 heteroatoms. The summed E-state index contributed by atoms with van der Waals surface area (Å²) in [6.07, 6.45) is 1.66. The van der Waals surface area contributed by atoms with Gasteiger partial charge in [0.05, 0.1) is 6.54 Å². The zero-order valence-electron chi connectivity index (χ0n) is 8.32. The molecule has 0 unspecified atom stereocenters. The summed E-state index contributed by atoms with van der Waals surface area (Å²) in [7, 11) is 3.95. The Hall–Kier alpha value is -1.16. The first-order valence-corrected chi connectivity index (χ1v) is 4.28. The molecule has 0 aliphatic rings. The minimum absolute atomic E-state index is 0.00403. The number of rotatable bonds is 3. The lowest BCUT2D eigenvalue weighted by molar-refractivity contribution is 0.367. The lowest BCUT2D eigenvalue weighted by Crippen LogP contribution is -2.29. The molecule has 0 atom stereocenters. The van der Waals surface area contributed by atoms with E-state index in [1.165, 1.54) is 4.68 Å². The molecule has 0 N–H and O–H groups in total. The molecule has 0 aromatic carbocycles. The molecule has 1 rings (SSSR count). The Morgan fingerprint density at radius 3 is 2.85 bits per heavy atom. The first-order chi connectivity index (χ1) is 6.11. The summed E-state index contributed by atoms with van der Waals surface area (Å²) in [6.45, 7) is 3.28. The van der Waals surface area contributed by atoms with Gasteiger partial charge in [-0.25, -0.2) is 4.68 Å². The van der Waals surface area contributed by atoms with Crippen molar-refractivity contribution in [2.45, 2.75) is 13.5 Å². The molecule has 0 radical (unpaired) electrons. The Bertz CT molecular complexity index is 330. The van der Waals surface area contributed by atoms with E-state index in [1.807, 2.05) is 19.0 Å². The van der Waals surface area contributed by atoms with Gasteiger partial charge in [-0.15, -0.1) is 0 Å². The molecule has 0 saturated carbocycles. The summed E-state index contributed by atoms with van der Waals surface area (Å²) < 4.78 is 1.50. The molecule has 0 aliphatic heterocycles. The van der Waals surface area contributed by atoms with E-state index in [0.717, 1.165) is 12.1 Å². The minimum atomic E-state index is 0.00403. The van der Waals surface area contributed by atoms with Crippen LogP contribution in [0.5, 0.6) is 0 Å². The lowest BCUT2D eigenvalue weighted by atomic mass is 10.3. The van der Waals surface area contributed by atoms with E-state index >= 15 is 0 Å². The third kappa shape index (κ3) is 2.66. The van der Waals surface area contributed by atoms with Crippen LogP contribution < -0.4 is 5.56 Å². The van der Waals surface area contributed by atoms with Crippen LogP contribution in [0.3, 0.4) is 0 Å². The fraction of sp³-hybridized carbons (Fsp3) is 0.556. The van der Waals surface area contributed by atoms with Gasteiger partial charge in [-0.1, -0.05) is 0 Å². The molecule has 0 spiro atoms. The molecule has 1 aromatic heterocycles. The second kappa shape index (κ2) is 4.18. The molecule has 0 fully saturated rings. The quantitative estimate of drug-likeness (QED) is 0.664. The van der Waals surface area contributed by atoms with Gasteiger partial charge in [0.15, 0.2) is 0 Å². The van der Waals surface area contributed by atoms with Crippen LogP contribution in [0.4, 0.5) is 0 Å². The largest absolute Gasteiger partial charge is 0.308 e. The molecule has 0 saturated heterocycles. The third-order valence-electron chi connectivity index (χ3n) is 1.86. The Morgan fingerprint density at radius 2 is 2.23 bits per heavy atom. The van der Waals surface area contributed by atoms with Gasteiger partial charge in [0.25, 0.3) is 5.56 Å². The van der Waals surface area contributed by atoms with Gasteiger partial charge in [-0.2, -0.15) is 5.10 Å². The van der Waals surface area contributed by atoms with E-state index in [9.17, 15) is 4.79 Å². The highest BCUT2D eigenvalue weighted by Gasteiger charge is 1.99. The van der Waals surface area contributed by atoms with Gasteiger partial charge in [0, 0.05) is 18.3 Å². The molecule has 1 aromatic rings. The highest BCUT2D eigenvalue weighted by molar-refractivity contribution is 5.03. The smallest absolute Gasteiger partial charge is 0.269 e. The molecule has 0 aliphatic carbocycles. The van der Waals surface area contributed by atoms with Crippen LogP contribution in [-0.2, 0) is 6.54 Å². The zero-order chi connectivity index (χ0) is 9.84. The fourth-order valence-electron chi connectivity index (χ4n) is 1.01. The Balaban J connectivity index is 2.78. The summed E-state index contributed by atoms with van der Waals surface area (Å²) in [5, 5.41) is 3.99. The van der Waals surface area contributed by atoms with E-state index in [0.29, 0.717) is 6.54 Å². The fourth-order valence-corrected chi connectivity index (χ4v) is 1.01. The maximum absolute atomic E-state index is 11.5. The average Bonchev–Trinajstić information content (AvgIpc) is 2.07. The minimum Gasteiger partial charge on any atom is -0.308 e. The number of aryl methyl sites for hydroxylation is 1. The predicted molar refractivity (Wildman–Crippen MR) is 51.8 cm³/mol. The van der Waals surface area contributed by atoms with Crippen molar-refractivity contribution in [1.82, 2.24) is 14.7 Å². The molecular formula is C9H15N3O. The molecule has 72 valence electrons. The van der Waals surface area contributed by atoms with Crippen LogP contribution in [-0.4, -0.2) is 35.3 Å². The summed E-state index contributed by atoms with van der Waals surface area (Å²) >= 11 is 0. The summed E-state index contributed by atoms with van der Waals surface area (Å²) in [4.78, 5) is 13.5. The number of aromatic nitrogens is 2. The highest BCUT2D eigenvalue weighted by Crippen LogP contribution is 1.85. The van der Waals surface area contributed by atoms with Crippen molar-refractivity contribution < 1.29 is 0 Å². The van der Waals surface area contributed by atoms with Crippen molar-refractivity contribution in [2.75, 3.05) is 20.6 Å². The number of hydrogen-bond donors (Lipinski definition) is 0. The Kier molecular flexibility index (Phi) is 3.19. The van der Waals surface area contributed by atoms with Crippen LogP contribution in [0.2, 0.25) is 0 Å². The van der Waals surface area contributed by atoms with Crippen molar-refractivity contribution in [3.63, 3.8) is 0 Å². The predicted octanol–water partition coefficient (Wildman–Crippen LogP) is 0.113. The SMILES string of the molecule is Cc1ccnn(CCN(C)C)c1=O. The number of likely N-dealkylation sites (N-methyl/N-ethyl adjacent to an activating group) is 1. The van der Waals surface area contributed by atoms with Crippen molar-refractivity contribution in [3.8, 4) is 0 Å². The van der Waals surface area contributed by atoms with Crippen molar-refractivity contribution in [3.05, 3.63) is 28.2 Å². The van der Waals surface area contributed by atoms with Gasteiger partial charge in [0.2, 0.25) is 0 Å². The standard InChI is InChI=1S/C9H15N3O/c1-8-4-5-10-12(9(8)13)7-6-11(2)3/h4-5H,6-7H2,1-3H3. The first-order valence-electron chi connectivity index (χ1n) is 4.28. The Labute approximate surface area is 77.8 Å². The van der Waals surface area contributed by atoms with Crippen LogP contribution in [0, 0.1) is 6.92 Å². The summed E-state index contributed by atoms with van der Waals surface area (Å²) in [5.74, 6) is 0. The molecule has 0 bridgehead atoms. The molecule has 13 heavy (non-hydrogen) atoms. The van der Waals surface area contributed by atoms with Crippen molar-refractivity contribution >= 4 is 0 Å². The number of hydrogen-bond acceptors (Lipinski definition) is 3. The van der Waals surface area contributed by atoms with Gasteiger partial charge in [-0.3, -0.25) is 4.79 Å². The highest BCUT2D eigenvalue weighted by atomic mass is 16.1. The molecular weight excluding hydrogens is 166 g/mol. The Morgan fingerprint density at radius 1 is 1.54 bits per heavy atom. The van der Waals surface area contributed by atoms with E-state index in [4.69, 9.17) is 0 Å². The van der Waals surface area contributed by atoms with E-state index in [1.54, 1.807) is 19.2 Å². The van der Waals surface area contributed by atoms with Crippen molar-refractivity contribution in [2.24, 2.45) is 0 Å². The second-order valence-corrected chi connectivity index (χ2v) is 3.35. The first kappa shape index (κ1) is 9.92. The van der Waals surface area contributed by atoms with Gasteiger partial charge < -0.3 is 4.90 Å². The van der Waals surface area contributed by atoms with Crippen LogP contribution >= 0.6 is 0 Å². The van der Waals surface area contributed by atoms with E-state index in [-0.39, 0.29) is 5.56 Å². The number of nitrogens with zero attached hydrogens (tertiary/aromatic N) is 3. The average molecular weight is 181 g/mol.